The highest BCUT2D eigenvalue weighted by molar-refractivity contribution is 5.28. The summed E-state index contributed by atoms with van der Waals surface area (Å²) >= 11 is 0. The molecular weight excluding hydrogens is 210 g/mol. The molecule has 0 radical (unpaired) electrons. The molecule has 2 atom stereocenters. The van der Waals surface area contributed by atoms with E-state index in [-0.39, 0.29) is 0 Å². The van der Waals surface area contributed by atoms with E-state index in [1.165, 1.54) is 32.1 Å². The van der Waals surface area contributed by atoms with E-state index >= 15 is 0 Å². The van der Waals surface area contributed by atoms with E-state index in [4.69, 9.17) is 0 Å². The largest absolute Gasteiger partial charge is 0.353 e. The molecule has 0 saturated heterocycles. The second kappa shape index (κ2) is 6.08. The third-order valence-electron chi connectivity index (χ3n) is 3.86. The molecule has 1 aromatic rings. The highest BCUT2D eigenvalue weighted by atomic mass is 15.2. The Labute approximate surface area is 105 Å². The molecular formula is C14H25N3. The van der Waals surface area contributed by atoms with Crippen LogP contribution in [0.1, 0.15) is 52.4 Å². The number of imidazole rings is 1. The minimum atomic E-state index is 0.607. The molecule has 3 heteroatoms. The van der Waals surface area contributed by atoms with E-state index in [1.54, 1.807) is 0 Å². The van der Waals surface area contributed by atoms with Gasteiger partial charge in [-0.15, -0.1) is 0 Å². The zero-order valence-corrected chi connectivity index (χ0v) is 11.2. The predicted octanol–water partition coefficient (Wildman–Crippen LogP) is 3.67. The zero-order valence-electron chi connectivity index (χ0n) is 11.2. The fraction of sp³-hybridized carbons (Fsp3) is 0.786. The van der Waals surface area contributed by atoms with Crippen LogP contribution in [0.2, 0.25) is 0 Å². The Hall–Kier alpha value is -0.990. The van der Waals surface area contributed by atoms with E-state index in [0.717, 1.165) is 24.8 Å². The maximum atomic E-state index is 4.45. The van der Waals surface area contributed by atoms with Crippen molar-refractivity contribution in [1.82, 2.24) is 9.55 Å². The van der Waals surface area contributed by atoms with E-state index in [9.17, 15) is 0 Å². The maximum Gasteiger partial charge on any atom is 0.202 e. The number of hydrogen-bond donors (Lipinski definition) is 1. The first-order chi connectivity index (χ1) is 8.31. The van der Waals surface area contributed by atoms with Crippen LogP contribution in [0, 0.1) is 5.92 Å². The van der Waals surface area contributed by atoms with Crippen LogP contribution in [0.15, 0.2) is 12.4 Å². The third kappa shape index (κ3) is 3.24. The Morgan fingerprint density at radius 3 is 3.00 bits per heavy atom. The van der Waals surface area contributed by atoms with Crippen LogP contribution in [0.25, 0.3) is 0 Å². The number of hydrogen-bond acceptors (Lipinski definition) is 2. The lowest BCUT2D eigenvalue weighted by atomic mass is 9.97. The normalized spacial score (nSPS) is 25.5. The highest BCUT2D eigenvalue weighted by Crippen LogP contribution is 2.25. The number of aromatic nitrogens is 2. The molecule has 0 bridgehead atoms. The maximum absolute atomic E-state index is 4.45. The number of rotatable bonds is 4. The van der Waals surface area contributed by atoms with E-state index in [1.807, 2.05) is 6.20 Å². The van der Waals surface area contributed by atoms with Crippen LogP contribution in [-0.4, -0.2) is 15.6 Å². The second-order valence-corrected chi connectivity index (χ2v) is 5.31. The van der Waals surface area contributed by atoms with E-state index in [0.29, 0.717) is 6.04 Å². The predicted molar refractivity (Wildman–Crippen MR) is 72.2 cm³/mol. The van der Waals surface area contributed by atoms with Gasteiger partial charge in [0.2, 0.25) is 5.95 Å². The summed E-state index contributed by atoms with van der Waals surface area (Å²) in [6.45, 7) is 5.64. The summed E-state index contributed by atoms with van der Waals surface area (Å²) in [5.74, 6) is 1.83. The molecule has 96 valence electrons. The van der Waals surface area contributed by atoms with Crippen LogP contribution in [0.4, 0.5) is 5.95 Å². The average Bonchev–Trinajstić information content (AvgIpc) is 2.64. The van der Waals surface area contributed by atoms with Crippen LogP contribution in [0.3, 0.4) is 0 Å². The molecule has 1 aromatic heterocycles. The quantitative estimate of drug-likeness (QED) is 0.807. The summed E-state index contributed by atoms with van der Waals surface area (Å²) in [6, 6.07) is 0.607. The number of aryl methyl sites for hydroxylation is 1. The third-order valence-corrected chi connectivity index (χ3v) is 3.86. The van der Waals surface area contributed by atoms with Crippen molar-refractivity contribution < 1.29 is 0 Å². The first kappa shape index (κ1) is 12.5. The topological polar surface area (TPSA) is 29.9 Å². The highest BCUT2D eigenvalue weighted by Gasteiger charge is 2.20. The Bertz CT molecular complexity index is 332. The summed E-state index contributed by atoms with van der Waals surface area (Å²) in [5, 5.41) is 3.66. The second-order valence-electron chi connectivity index (χ2n) is 5.31. The number of anilines is 1. The molecule has 2 unspecified atom stereocenters. The van der Waals surface area contributed by atoms with Gasteiger partial charge >= 0.3 is 0 Å². The van der Waals surface area contributed by atoms with Gasteiger partial charge in [-0.25, -0.2) is 4.98 Å². The molecule has 0 aromatic carbocycles. The summed E-state index contributed by atoms with van der Waals surface area (Å²) in [4.78, 5) is 4.45. The van der Waals surface area contributed by atoms with Gasteiger partial charge in [0.1, 0.15) is 0 Å². The van der Waals surface area contributed by atoms with Gasteiger partial charge in [0.15, 0.2) is 0 Å². The standard InChI is InChI=1S/C14H25N3/c1-3-10-17-11-9-15-14(17)16-13-8-6-4-5-7-12(13)2/h9,11-13H,3-8,10H2,1-2H3,(H,15,16). The van der Waals surface area contributed by atoms with Crippen molar-refractivity contribution in [3.63, 3.8) is 0 Å². The average molecular weight is 235 g/mol. The number of nitrogens with one attached hydrogen (secondary N) is 1. The van der Waals surface area contributed by atoms with Crippen molar-refractivity contribution in [2.24, 2.45) is 5.92 Å². The fourth-order valence-corrected chi connectivity index (χ4v) is 2.74. The van der Waals surface area contributed by atoms with Gasteiger partial charge in [0, 0.05) is 25.0 Å². The molecule has 1 aliphatic rings. The van der Waals surface area contributed by atoms with Gasteiger partial charge in [-0.1, -0.05) is 33.1 Å². The summed E-state index contributed by atoms with van der Waals surface area (Å²) in [7, 11) is 0. The lowest BCUT2D eigenvalue weighted by molar-refractivity contribution is 0.452. The van der Waals surface area contributed by atoms with Crippen molar-refractivity contribution in [3.05, 3.63) is 12.4 Å². The monoisotopic (exact) mass is 235 g/mol. The first-order valence-corrected chi connectivity index (χ1v) is 7.09. The zero-order chi connectivity index (χ0) is 12.1. The Balaban J connectivity index is 2.00. The Morgan fingerprint density at radius 1 is 1.35 bits per heavy atom. The van der Waals surface area contributed by atoms with Gasteiger partial charge in [-0.05, 0) is 25.2 Å². The molecule has 0 spiro atoms. The van der Waals surface area contributed by atoms with Crippen LogP contribution in [-0.2, 0) is 6.54 Å². The molecule has 0 aliphatic heterocycles. The lowest BCUT2D eigenvalue weighted by Crippen LogP contribution is -2.27. The van der Waals surface area contributed by atoms with Crippen molar-refractivity contribution >= 4 is 5.95 Å². The molecule has 0 amide bonds. The molecule has 3 nitrogen and oxygen atoms in total. The summed E-state index contributed by atoms with van der Waals surface area (Å²) in [6.07, 6.45) is 11.9. The van der Waals surface area contributed by atoms with Crippen LogP contribution >= 0.6 is 0 Å². The molecule has 1 heterocycles. The Kier molecular flexibility index (Phi) is 4.46. The first-order valence-electron chi connectivity index (χ1n) is 7.09. The minimum Gasteiger partial charge on any atom is -0.353 e. The van der Waals surface area contributed by atoms with Gasteiger partial charge in [0.25, 0.3) is 0 Å². The summed E-state index contributed by atoms with van der Waals surface area (Å²) < 4.78 is 2.23. The van der Waals surface area contributed by atoms with E-state index in [2.05, 4.69) is 34.9 Å². The van der Waals surface area contributed by atoms with Gasteiger partial charge < -0.3 is 9.88 Å². The SMILES string of the molecule is CCCn1ccnc1NC1CCCCCC1C. The molecule has 1 fully saturated rings. The van der Waals surface area contributed by atoms with Gasteiger partial charge in [-0.3, -0.25) is 0 Å². The molecule has 1 N–H and O–H groups in total. The van der Waals surface area contributed by atoms with Crippen molar-refractivity contribution in [2.45, 2.75) is 65.0 Å². The van der Waals surface area contributed by atoms with Gasteiger partial charge in [-0.2, -0.15) is 0 Å². The van der Waals surface area contributed by atoms with Gasteiger partial charge in [0.05, 0.1) is 0 Å². The van der Waals surface area contributed by atoms with Crippen molar-refractivity contribution in [1.29, 1.82) is 0 Å². The fourth-order valence-electron chi connectivity index (χ4n) is 2.74. The number of nitrogens with zero attached hydrogens (tertiary/aromatic N) is 2. The van der Waals surface area contributed by atoms with Crippen molar-refractivity contribution in [3.8, 4) is 0 Å². The van der Waals surface area contributed by atoms with Crippen LogP contribution < -0.4 is 5.32 Å². The molecule has 1 aliphatic carbocycles. The molecule has 17 heavy (non-hydrogen) atoms. The molecule has 1 saturated carbocycles. The van der Waals surface area contributed by atoms with Crippen molar-refractivity contribution in [2.75, 3.05) is 5.32 Å². The lowest BCUT2D eigenvalue weighted by Gasteiger charge is -2.23. The Morgan fingerprint density at radius 2 is 2.18 bits per heavy atom. The minimum absolute atomic E-state index is 0.607. The smallest absolute Gasteiger partial charge is 0.202 e. The van der Waals surface area contributed by atoms with Crippen LogP contribution in [0.5, 0.6) is 0 Å². The summed E-state index contributed by atoms with van der Waals surface area (Å²) in [5.41, 5.74) is 0. The molecule has 2 rings (SSSR count). The van der Waals surface area contributed by atoms with E-state index < -0.39 is 0 Å².